The average molecular weight is 263 g/mol. The highest BCUT2D eigenvalue weighted by molar-refractivity contribution is 6.16. The van der Waals surface area contributed by atoms with Crippen LogP contribution in [0.5, 0.6) is 0 Å². The highest BCUT2D eigenvalue weighted by Crippen LogP contribution is 2.22. The van der Waals surface area contributed by atoms with Crippen molar-refractivity contribution in [2.75, 3.05) is 0 Å². The van der Waals surface area contributed by atoms with E-state index in [0.29, 0.717) is 0 Å². The summed E-state index contributed by atoms with van der Waals surface area (Å²) >= 11 is 0. The smallest absolute Gasteiger partial charge is 0.195 e. The number of benzene rings is 2. The van der Waals surface area contributed by atoms with Gasteiger partial charge in [0.25, 0.3) is 0 Å². The van der Waals surface area contributed by atoms with Crippen molar-refractivity contribution in [3.8, 4) is 0 Å². The molecule has 3 aromatic rings. The lowest BCUT2D eigenvalue weighted by molar-refractivity contribution is 0.104. The molecule has 0 saturated carbocycles. The quantitative estimate of drug-likeness (QED) is 0.703. The Kier molecular flexibility index (Phi) is 3.15. The molecular weight excluding hydrogens is 246 g/mol. The van der Waals surface area contributed by atoms with E-state index in [0.717, 1.165) is 28.5 Å². The Morgan fingerprint density at radius 3 is 2.55 bits per heavy atom. The van der Waals surface area contributed by atoms with Crippen LogP contribution in [0.2, 0.25) is 0 Å². The van der Waals surface area contributed by atoms with Gasteiger partial charge in [-0.25, -0.2) is 0 Å². The van der Waals surface area contributed by atoms with Gasteiger partial charge in [-0.15, -0.1) is 0 Å². The first-order valence-electron chi connectivity index (χ1n) is 6.90. The summed E-state index contributed by atoms with van der Waals surface area (Å²) in [6.07, 6.45) is 2.79. The predicted octanol–water partition coefficient (Wildman–Crippen LogP) is 4.27. The van der Waals surface area contributed by atoms with Crippen LogP contribution >= 0.6 is 0 Å². The molecule has 0 bridgehead atoms. The van der Waals surface area contributed by atoms with Gasteiger partial charge in [-0.05, 0) is 30.5 Å². The van der Waals surface area contributed by atoms with E-state index in [2.05, 4.69) is 18.0 Å². The second-order valence-corrected chi connectivity index (χ2v) is 5.13. The third kappa shape index (κ3) is 2.14. The molecule has 20 heavy (non-hydrogen) atoms. The fraction of sp³-hybridized carbons (Fsp3) is 0.167. The molecule has 1 heterocycles. The van der Waals surface area contributed by atoms with Gasteiger partial charge in [0.05, 0.1) is 0 Å². The molecule has 0 atom stereocenters. The summed E-state index contributed by atoms with van der Waals surface area (Å²) in [5.41, 5.74) is 4.92. The summed E-state index contributed by atoms with van der Waals surface area (Å²) in [5, 5.41) is 0.986. The van der Waals surface area contributed by atoms with Crippen LogP contribution in [-0.2, 0) is 6.42 Å². The molecule has 0 aliphatic carbocycles. The standard InChI is InChI=1S/C18H17NO/c1-3-13-5-7-14(8-6-13)18(20)16-11-19-17-10-12(2)4-9-15(16)17/h4-11,19H,3H2,1-2H3. The lowest BCUT2D eigenvalue weighted by Gasteiger charge is -2.02. The van der Waals surface area contributed by atoms with Crippen molar-refractivity contribution >= 4 is 16.7 Å². The number of ketones is 1. The summed E-state index contributed by atoms with van der Waals surface area (Å²) < 4.78 is 0. The number of fused-ring (bicyclic) bond motifs is 1. The molecule has 0 fully saturated rings. The first kappa shape index (κ1) is 12.7. The van der Waals surface area contributed by atoms with E-state index in [9.17, 15) is 4.79 Å². The van der Waals surface area contributed by atoms with E-state index in [-0.39, 0.29) is 5.78 Å². The first-order chi connectivity index (χ1) is 9.69. The summed E-state index contributed by atoms with van der Waals surface area (Å²) in [6.45, 7) is 4.16. The average Bonchev–Trinajstić information content (AvgIpc) is 2.89. The highest BCUT2D eigenvalue weighted by atomic mass is 16.1. The molecule has 2 nitrogen and oxygen atoms in total. The number of rotatable bonds is 3. The van der Waals surface area contributed by atoms with Gasteiger partial charge in [0, 0.05) is 28.2 Å². The van der Waals surface area contributed by atoms with Gasteiger partial charge in [0.2, 0.25) is 0 Å². The van der Waals surface area contributed by atoms with Gasteiger partial charge in [-0.1, -0.05) is 43.3 Å². The Labute approximate surface area is 118 Å². The Bertz CT molecular complexity index is 766. The number of carbonyl (C=O) groups is 1. The molecule has 0 radical (unpaired) electrons. The molecule has 1 aromatic heterocycles. The van der Waals surface area contributed by atoms with Crippen molar-refractivity contribution in [1.82, 2.24) is 4.98 Å². The summed E-state index contributed by atoms with van der Waals surface area (Å²) in [7, 11) is 0. The van der Waals surface area contributed by atoms with Crippen LogP contribution in [-0.4, -0.2) is 10.8 Å². The topological polar surface area (TPSA) is 32.9 Å². The first-order valence-corrected chi connectivity index (χ1v) is 6.90. The fourth-order valence-corrected chi connectivity index (χ4v) is 2.48. The van der Waals surface area contributed by atoms with Crippen LogP contribution in [0.3, 0.4) is 0 Å². The van der Waals surface area contributed by atoms with Gasteiger partial charge in [0.1, 0.15) is 0 Å². The van der Waals surface area contributed by atoms with E-state index >= 15 is 0 Å². The SMILES string of the molecule is CCc1ccc(C(=O)c2c[nH]c3cc(C)ccc23)cc1. The van der Waals surface area contributed by atoms with Crippen molar-refractivity contribution in [2.24, 2.45) is 0 Å². The number of H-pyrrole nitrogens is 1. The number of aromatic amines is 1. The number of aromatic nitrogens is 1. The summed E-state index contributed by atoms with van der Waals surface area (Å²) in [4.78, 5) is 15.8. The summed E-state index contributed by atoms with van der Waals surface area (Å²) in [6, 6.07) is 14.0. The van der Waals surface area contributed by atoms with Crippen LogP contribution in [0.15, 0.2) is 48.7 Å². The second-order valence-electron chi connectivity index (χ2n) is 5.13. The highest BCUT2D eigenvalue weighted by Gasteiger charge is 2.13. The zero-order chi connectivity index (χ0) is 14.1. The number of aryl methyl sites for hydroxylation is 2. The zero-order valence-corrected chi connectivity index (χ0v) is 11.7. The Balaban J connectivity index is 2.03. The van der Waals surface area contributed by atoms with Crippen LogP contribution in [0.1, 0.15) is 34.0 Å². The predicted molar refractivity (Wildman–Crippen MR) is 82.3 cm³/mol. The summed E-state index contributed by atoms with van der Waals surface area (Å²) in [5.74, 6) is 0.0720. The van der Waals surface area contributed by atoms with Gasteiger partial charge in [-0.2, -0.15) is 0 Å². The van der Waals surface area contributed by atoms with Gasteiger partial charge >= 0.3 is 0 Å². The van der Waals surface area contributed by atoms with Crippen molar-refractivity contribution < 1.29 is 4.79 Å². The van der Waals surface area contributed by atoms with E-state index in [4.69, 9.17) is 0 Å². The number of hydrogen-bond acceptors (Lipinski definition) is 1. The minimum absolute atomic E-state index is 0.0720. The molecule has 0 amide bonds. The minimum atomic E-state index is 0.0720. The maximum atomic E-state index is 12.6. The normalized spacial score (nSPS) is 10.9. The van der Waals surface area contributed by atoms with Crippen LogP contribution in [0, 0.1) is 6.92 Å². The maximum Gasteiger partial charge on any atom is 0.195 e. The minimum Gasteiger partial charge on any atom is -0.360 e. The molecule has 0 aliphatic heterocycles. The van der Waals surface area contributed by atoms with Gasteiger partial charge in [-0.3, -0.25) is 4.79 Å². The largest absolute Gasteiger partial charge is 0.360 e. The van der Waals surface area contributed by atoms with Crippen molar-refractivity contribution in [3.05, 3.63) is 70.9 Å². The third-order valence-corrected chi connectivity index (χ3v) is 3.71. The molecule has 0 unspecified atom stereocenters. The lowest BCUT2D eigenvalue weighted by atomic mass is 10.0. The fourth-order valence-electron chi connectivity index (χ4n) is 2.48. The van der Waals surface area contributed by atoms with E-state index < -0.39 is 0 Å². The van der Waals surface area contributed by atoms with Crippen molar-refractivity contribution in [3.63, 3.8) is 0 Å². The molecule has 0 saturated heterocycles. The van der Waals surface area contributed by atoms with Crippen molar-refractivity contribution in [1.29, 1.82) is 0 Å². The lowest BCUT2D eigenvalue weighted by Crippen LogP contribution is -2.00. The van der Waals surface area contributed by atoms with E-state index in [1.165, 1.54) is 11.1 Å². The number of carbonyl (C=O) groups excluding carboxylic acids is 1. The van der Waals surface area contributed by atoms with Gasteiger partial charge < -0.3 is 4.98 Å². The second kappa shape index (κ2) is 4.97. The molecule has 0 spiro atoms. The monoisotopic (exact) mass is 263 g/mol. The van der Waals surface area contributed by atoms with E-state index in [1.807, 2.05) is 43.3 Å². The van der Waals surface area contributed by atoms with Crippen molar-refractivity contribution in [2.45, 2.75) is 20.3 Å². The molecule has 3 rings (SSSR count). The van der Waals surface area contributed by atoms with Crippen LogP contribution in [0.25, 0.3) is 10.9 Å². The molecule has 2 aromatic carbocycles. The third-order valence-electron chi connectivity index (χ3n) is 3.71. The van der Waals surface area contributed by atoms with Crippen LogP contribution in [0.4, 0.5) is 0 Å². The number of nitrogens with one attached hydrogen (secondary N) is 1. The van der Waals surface area contributed by atoms with E-state index in [1.54, 1.807) is 6.20 Å². The Morgan fingerprint density at radius 1 is 1.10 bits per heavy atom. The zero-order valence-electron chi connectivity index (χ0n) is 11.7. The molecule has 0 aliphatic rings. The maximum absolute atomic E-state index is 12.6. The molecule has 100 valence electrons. The molecule has 1 N–H and O–H groups in total. The van der Waals surface area contributed by atoms with Crippen LogP contribution < -0.4 is 0 Å². The number of hydrogen-bond donors (Lipinski definition) is 1. The molecular formula is C18H17NO. The molecule has 2 heteroatoms. The Morgan fingerprint density at radius 2 is 1.85 bits per heavy atom. The van der Waals surface area contributed by atoms with Gasteiger partial charge in [0.15, 0.2) is 5.78 Å². The Hall–Kier alpha value is -2.35.